The van der Waals surface area contributed by atoms with E-state index in [0.717, 1.165) is 11.3 Å². The summed E-state index contributed by atoms with van der Waals surface area (Å²) in [6, 6.07) is 8.64. The number of ether oxygens (including phenoxy) is 1. The second kappa shape index (κ2) is 7.44. The number of aromatic amines is 1. The van der Waals surface area contributed by atoms with Crippen LogP contribution in [0.5, 0.6) is 5.75 Å². The first kappa shape index (κ1) is 16.5. The van der Waals surface area contributed by atoms with Gasteiger partial charge in [-0.05, 0) is 29.7 Å². The zero-order valence-corrected chi connectivity index (χ0v) is 13.0. The Hall–Kier alpha value is -2.83. The molecule has 0 spiro atoms. The van der Waals surface area contributed by atoms with Gasteiger partial charge in [0.05, 0.1) is 0 Å². The van der Waals surface area contributed by atoms with E-state index in [0.29, 0.717) is 18.0 Å². The average Bonchev–Trinajstić information content (AvgIpc) is 3.01. The molecule has 0 saturated heterocycles. The van der Waals surface area contributed by atoms with Crippen molar-refractivity contribution in [2.75, 3.05) is 6.61 Å². The summed E-state index contributed by atoms with van der Waals surface area (Å²) in [6.45, 7) is 3.92. The number of carbonyl (C=O) groups excluding carboxylic acids is 1. The molecule has 0 bridgehead atoms. The molecule has 0 aliphatic carbocycles. The van der Waals surface area contributed by atoms with Gasteiger partial charge in [-0.1, -0.05) is 26.0 Å². The maximum absolute atomic E-state index is 12.1. The highest BCUT2D eigenvalue weighted by Gasteiger charge is 2.12. The molecule has 0 saturated carbocycles. The van der Waals surface area contributed by atoms with Crippen LogP contribution in [-0.2, 0) is 11.3 Å². The highest BCUT2D eigenvalue weighted by atomic mass is 16.5. The van der Waals surface area contributed by atoms with Gasteiger partial charge in [0.1, 0.15) is 11.4 Å². The van der Waals surface area contributed by atoms with Gasteiger partial charge < -0.3 is 15.2 Å². The van der Waals surface area contributed by atoms with E-state index in [2.05, 4.69) is 15.5 Å². The first-order valence-electron chi connectivity index (χ1n) is 7.22. The first-order valence-corrected chi connectivity index (χ1v) is 7.22. The number of hydrogen-bond donors (Lipinski definition) is 3. The summed E-state index contributed by atoms with van der Waals surface area (Å²) in [7, 11) is 0. The van der Waals surface area contributed by atoms with Crippen LogP contribution in [0.2, 0.25) is 0 Å². The normalized spacial score (nSPS) is 10.6. The molecule has 122 valence electrons. The van der Waals surface area contributed by atoms with Gasteiger partial charge in [0.15, 0.2) is 6.61 Å². The maximum atomic E-state index is 12.1. The van der Waals surface area contributed by atoms with Gasteiger partial charge in [-0.3, -0.25) is 9.89 Å². The number of aromatic nitrogens is 2. The number of nitrogens with zero attached hydrogens (tertiary/aromatic N) is 1. The Morgan fingerprint density at radius 1 is 1.35 bits per heavy atom. The number of carboxylic acids is 1. The predicted octanol–water partition coefficient (Wildman–Crippen LogP) is 1.93. The molecule has 0 fully saturated rings. The molecule has 0 atom stereocenters. The number of amides is 1. The minimum Gasteiger partial charge on any atom is -0.482 e. The molecule has 1 amide bonds. The third-order valence-electron chi connectivity index (χ3n) is 3.17. The van der Waals surface area contributed by atoms with Crippen LogP contribution >= 0.6 is 0 Å². The molecule has 23 heavy (non-hydrogen) atoms. The standard InChI is InChI=1S/C16H19N3O4/c1-10(2)13-7-14(19-18-13)16(22)17-8-11-4-3-5-12(6-11)23-9-15(20)21/h3-7,10H,8-9H2,1-2H3,(H,17,22)(H,18,19)(H,20,21). The van der Waals surface area contributed by atoms with Crippen LogP contribution in [0.3, 0.4) is 0 Å². The Balaban J connectivity index is 1.93. The minimum atomic E-state index is -1.04. The van der Waals surface area contributed by atoms with Crippen molar-refractivity contribution in [3.63, 3.8) is 0 Å². The van der Waals surface area contributed by atoms with E-state index in [9.17, 15) is 9.59 Å². The third-order valence-corrected chi connectivity index (χ3v) is 3.17. The van der Waals surface area contributed by atoms with Crippen molar-refractivity contribution in [3.05, 3.63) is 47.3 Å². The molecule has 2 aromatic rings. The summed E-state index contributed by atoms with van der Waals surface area (Å²) in [6.07, 6.45) is 0. The topological polar surface area (TPSA) is 104 Å². The van der Waals surface area contributed by atoms with Gasteiger partial charge in [-0.15, -0.1) is 0 Å². The van der Waals surface area contributed by atoms with Crippen molar-refractivity contribution < 1.29 is 19.4 Å². The van der Waals surface area contributed by atoms with E-state index in [1.54, 1.807) is 24.3 Å². The first-order chi connectivity index (χ1) is 11.0. The van der Waals surface area contributed by atoms with Crippen molar-refractivity contribution in [3.8, 4) is 5.75 Å². The number of carboxylic acid groups (broad SMARTS) is 1. The second-order valence-corrected chi connectivity index (χ2v) is 5.38. The lowest BCUT2D eigenvalue weighted by molar-refractivity contribution is -0.139. The van der Waals surface area contributed by atoms with Crippen LogP contribution in [0.25, 0.3) is 0 Å². The van der Waals surface area contributed by atoms with Crippen molar-refractivity contribution in [2.45, 2.75) is 26.3 Å². The summed E-state index contributed by atoms with van der Waals surface area (Å²) < 4.78 is 5.10. The number of aliphatic carboxylic acids is 1. The van der Waals surface area contributed by atoms with Gasteiger partial charge >= 0.3 is 5.97 Å². The molecule has 7 nitrogen and oxygen atoms in total. The lowest BCUT2D eigenvalue weighted by atomic mass is 10.1. The molecule has 0 aliphatic rings. The van der Waals surface area contributed by atoms with Gasteiger partial charge in [0.2, 0.25) is 0 Å². The molecular weight excluding hydrogens is 298 g/mol. The van der Waals surface area contributed by atoms with Crippen molar-refractivity contribution in [2.24, 2.45) is 0 Å². The monoisotopic (exact) mass is 317 g/mol. The van der Waals surface area contributed by atoms with Crippen LogP contribution in [0.1, 0.15) is 41.5 Å². The molecule has 0 radical (unpaired) electrons. The van der Waals surface area contributed by atoms with Gasteiger partial charge in [-0.2, -0.15) is 5.10 Å². The molecule has 1 aromatic heterocycles. The van der Waals surface area contributed by atoms with E-state index in [1.165, 1.54) is 0 Å². The van der Waals surface area contributed by atoms with Crippen molar-refractivity contribution >= 4 is 11.9 Å². The fourth-order valence-corrected chi connectivity index (χ4v) is 1.91. The SMILES string of the molecule is CC(C)c1cc(C(=O)NCc2cccc(OCC(=O)O)c2)n[nH]1. The smallest absolute Gasteiger partial charge is 0.341 e. The summed E-state index contributed by atoms with van der Waals surface area (Å²) in [5.74, 6) is -0.596. The van der Waals surface area contributed by atoms with Crippen LogP contribution < -0.4 is 10.1 Å². The highest BCUT2D eigenvalue weighted by molar-refractivity contribution is 5.92. The molecule has 3 N–H and O–H groups in total. The highest BCUT2D eigenvalue weighted by Crippen LogP contribution is 2.14. The van der Waals surface area contributed by atoms with Crippen LogP contribution in [-0.4, -0.2) is 33.8 Å². The third kappa shape index (κ3) is 4.84. The largest absolute Gasteiger partial charge is 0.482 e. The zero-order chi connectivity index (χ0) is 16.8. The summed E-state index contributed by atoms with van der Waals surface area (Å²) >= 11 is 0. The summed E-state index contributed by atoms with van der Waals surface area (Å²) in [5, 5.41) is 18.2. The minimum absolute atomic E-state index is 0.270. The molecule has 2 rings (SSSR count). The Kier molecular flexibility index (Phi) is 5.35. The number of nitrogens with one attached hydrogen (secondary N) is 2. The van der Waals surface area contributed by atoms with Crippen molar-refractivity contribution in [1.29, 1.82) is 0 Å². The molecule has 0 unspecified atom stereocenters. The molecule has 7 heteroatoms. The Morgan fingerprint density at radius 3 is 2.78 bits per heavy atom. The van der Waals surface area contributed by atoms with Crippen LogP contribution in [0.15, 0.2) is 30.3 Å². The fraction of sp³-hybridized carbons (Fsp3) is 0.312. The van der Waals surface area contributed by atoms with Gasteiger partial charge in [0, 0.05) is 12.2 Å². The zero-order valence-electron chi connectivity index (χ0n) is 13.0. The van der Waals surface area contributed by atoms with Gasteiger partial charge in [0.25, 0.3) is 5.91 Å². The lowest BCUT2D eigenvalue weighted by Gasteiger charge is -2.07. The number of H-pyrrole nitrogens is 1. The Morgan fingerprint density at radius 2 is 2.13 bits per heavy atom. The number of benzene rings is 1. The average molecular weight is 317 g/mol. The molecular formula is C16H19N3O4. The van der Waals surface area contributed by atoms with E-state index >= 15 is 0 Å². The van der Waals surface area contributed by atoms with E-state index in [4.69, 9.17) is 9.84 Å². The van der Waals surface area contributed by atoms with Crippen LogP contribution in [0, 0.1) is 0 Å². The van der Waals surface area contributed by atoms with E-state index < -0.39 is 12.6 Å². The quantitative estimate of drug-likeness (QED) is 0.724. The lowest BCUT2D eigenvalue weighted by Crippen LogP contribution is -2.23. The molecule has 0 aliphatic heterocycles. The van der Waals surface area contributed by atoms with E-state index in [1.807, 2.05) is 19.9 Å². The second-order valence-electron chi connectivity index (χ2n) is 5.38. The number of carbonyl (C=O) groups is 2. The fourth-order valence-electron chi connectivity index (χ4n) is 1.91. The van der Waals surface area contributed by atoms with E-state index in [-0.39, 0.29) is 11.8 Å². The molecule has 1 heterocycles. The summed E-state index contributed by atoms with van der Waals surface area (Å²) in [4.78, 5) is 22.5. The van der Waals surface area contributed by atoms with Crippen molar-refractivity contribution in [1.82, 2.24) is 15.5 Å². The summed E-state index contributed by atoms with van der Waals surface area (Å²) in [5.41, 5.74) is 2.05. The van der Waals surface area contributed by atoms with Gasteiger partial charge in [-0.25, -0.2) is 4.79 Å². The maximum Gasteiger partial charge on any atom is 0.341 e. The Bertz CT molecular complexity index is 694. The van der Waals surface area contributed by atoms with Crippen LogP contribution in [0.4, 0.5) is 0 Å². The Labute approximate surface area is 133 Å². The molecule has 1 aromatic carbocycles. The predicted molar refractivity (Wildman–Crippen MR) is 83.4 cm³/mol. The number of hydrogen-bond acceptors (Lipinski definition) is 4. The number of rotatable bonds is 7.